The lowest BCUT2D eigenvalue weighted by atomic mass is 10.2. The van der Waals surface area contributed by atoms with Gasteiger partial charge in [-0.15, -0.1) is 11.3 Å². The topological polar surface area (TPSA) is 76.6 Å². The van der Waals surface area contributed by atoms with E-state index >= 15 is 0 Å². The first kappa shape index (κ1) is 21.3. The van der Waals surface area contributed by atoms with Crippen LogP contribution in [0.1, 0.15) is 34.9 Å². The van der Waals surface area contributed by atoms with Crippen LogP contribution in [-0.2, 0) is 11.3 Å². The van der Waals surface area contributed by atoms with Gasteiger partial charge in [0.05, 0.1) is 24.1 Å². The average molecular weight is 439 g/mol. The summed E-state index contributed by atoms with van der Waals surface area (Å²) in [7, 11) is 0. The summed E-state index contributed by atoms with van der Waals surface area (Å²) in [5.41, 5.74) is 2.18. The largest absolute Gasteiger partial charge is 0.486 e. The van der Waals surface area contributed by atoms with Crippen LogP contribution in [-0.4, -0.2) is 41.2 Å². The molecule has 0 spiro atoms. The summed E-state index contributed by atoms with van der Waals surface area (Å²) in [5, 5.41) is 5.34. The molecular weight excluding hydrogens is 412 g/mol. The highest BCUT2D eigenvalue weighted by Gasteiger charge is 2.23. The predicted octanol–water partition coefficient (Wildman–Crippen LogP) is 4.29. The van der Waals surface area contributed by atoms with Crippen LogP contribution in [0.25, 0.3) is 0 Å². The summed E-state index contributed by atoms with van der Waals surface area (Å²) >= 11 is 1.40. The Hall–Kier alpha value is -2.97. The molecule has 3 heterocycles. The third kappa shape index (κ3) is 5.59. The van der Waals surface area contributed by atoms with Crippen molar-refractivity contribution >= 4 is 28.7 Å². The van der Waals surface area contributed by atoms with Gasteiger partial charge >= 0.3 is 0 Å². The first-order valence-corrected chi connectivity index (χ1v) is 11.2. The minimum atomic E-state index is -0.263. The van der Waals surface area contributed by atoms with Crippen molar-refractivity contribution in [3.05, 3.63) is 64.2 Å². The third-order valence-corrected chi connectivity index (χ3v) is 5.74. The molecule has 0 bridgehead atoms. The van der Waals surface area contributed by atoms with E-state index in [1.165, 1.54) is 16.9 Å². The van der Waals surface area contributed by atoms with Crippen molar-refractivity contribution in [3.8, 4) is 5.75 Å². The smallest absolute Gasteiger partial charge is 0.275 e. The van der Waals surface area contributed by atoms with Gasteiger partial charge in [0.25, 0.3) is 5.91 Å². The predicted molar refractivity (Wildman–Crippen MR) is 122 cm³/mol. The Kier molecular flexibility index (Phi) is 6.48. The summed E-state index contributed by atoms with van der Waals surface area (Å²) < 4.78 is 11.5. The fraction of sp³-hybridized carbons (Fsp3) is 0.348. The van der Waals surface area contributed by atoms with Gasteiger partial charge in [-0.25, -0.2) is 9.97 Å². The number of morpholine rings is 1. The standard InChI is InChI=1S/C23H26N4O3S/c1-15-4-7-19(8-5-15)29-13-22-26-20(14-31-22)23(28)25-18-6-9-21(24-10-18)27-11-16(2)30-17(3)12-27/h4-10,14,16-17H,11-13H2,1-3H3,(H,25,28)/t16-,17-/m0/s1. The average Bonchev–Trinajstić information content (AvgIpc) is 3.22. The maximum atomic E-state index is 12.5. The highest BCUT2D eigenvalue weighted by Crippen LogP contribution is 2.21. The van der Waals surface area contributed by atoms with Crippen LogP contribution < -0.4 is 15.0 Å². The normalized spacial score (nSPS) is 18.6. The molecule has 4 rings (SSSR count). The molecule has 1 N–H and O–H groups in total. The number of hydrogen-bond acceptors (Lipinski definition) is 7. The Labute approximate surface area is 186 Å². The highest BCUT2D eigenvalue weighted by atomic mass is 32.1. The molecule has 0 radical (unpaired) electrons. The summed E-state index contributed by atoms with van der Waals surface area (Å²) in [6.07, 6.45) is 2.00. The molecule has 1 saturated heterocycles. The molecule has 2 aromatic heterocycles. The first-order chi connectivity index (χ1) is 15.0. The molecule has 162 valence electrons. The fourth-order valence-corrected chi connectivity index (χ4v) is 4.15. The number of carbonyl (C=O) groups is 1. The number of anilines is 2. The summed E-state index contributed by atoms with van der Waals surface area (Å²) in [6.45, 7) is 8.08. The molecule has 1 amide bonds. The van der Waals surface area contributed by atoms with E-state index < -0.39 is 0 Å². The number of thiazole rings is 1. The molecule has 3 aromatic rings. The molecule has 1 aliphatic rings. The number of carbonyl (C=O) groups excluding carboxylic acids is 1. The zero-order valence-electron chi connectivity index (χ0n) is 17.9. The summed E-state index contributed by atoms with van der Waals surface area (Å²) in [5.74, 6) is 1.40. The number of aryl methyl sites for hydroxylation is 1. The number of aromatic nitrogens is 2. The van der Waals surface area contributed by atoms with Gasteiger partial charge in [-0.2, -0.15) is 0 Å². The molecule has 1 aliphatic heterocycles. The molecule has 1 fully saturated rings. The monoisotopic (exact) mass is 438 g/mol. The van der Waals surface area contributed by atoms with Gasteiger partial charge < -0.3 is 19.7 Å². The van der Waals surface area contributed by atoms with Gasteiger partial charge in [-0.05, 0) is 45.0 Å². The van der Waals surface area contributed by atoms with Crippen molar-refractivity contribution < 1.29 is 14.3 Å². The second kappa shape index (κ2) is 9.45. The number of hydrogen-bond donors (Lipinski definition) is 1. The zero-order chi connectivity index (χ0) is 21.8. The number of benzene rings is 1. The highest BCUT2D eigenvalue weighted by molar-refractivity contribution is 7.09. The van der Waals surface area contributed by atoms with Crippen LogP contribution in [0.4, 0.5) is 11.5 Å². The maximum Gasteiger partial charge on any atom is 0.275 e. The Balaban J connectivity index is 1.32. The zero-order valence-corrected chi connectivity index (χ0v) is 18.7. The minimum Gasteiger partial charge on any atom is -0.486 e. The quantitative estimate of drug-likeness (QED) is 0.619. The summed E-state index contributed by atoms with van der Waals surface area (Å²) in [6, 6.07) is 11.6. The maximum absolute atomic E-state index is 12.5. The van der Waals surface area contributed by atoms with Crippen molar-refractivity contribution in [1.82, 2.24) is 9.97 Å². The number of nitrogens with zero attached hydrogens (tertiary/aromatic N) is 3. The van der Waals surface area contributed by atoms with E-state index in [4.69, 9.17) is 9.47 Å². The Morgan fingerprint density at radius 1 is 1.19 bits per heavy atom. The second-order valence-corrected chi connectivity index (χ2v) is 8.69. The number of amides is 1. The van der Waals surface area contributed by atoms with Gasteiger partial charge in [-0.1, -0.05) is 17.7 Å². The van der Waals surface area contributed by atoms with Gasteiger partial charge in [-0.3, -0.25) is 4.79 Å². The molecule has 0 saturated carbocycles. The number of ether oxygens (including phenoxy) is 2. The van der Waals surface area contributed by atoms with E-state index in [0.29, 0.717) is 18.0 Å². The van der Waals surface area contributed by atoms with Gasteiger partial charge in [0.1, 0.15) is 28.9 Å². The molecule has 8 heteroatoms. The van der Waals surface area contributed by atoms with Crippen LogP contribution in [0.5, 0.6) is 5.75 Å². The van der Waals surface area contributed by atoms with E-state index in [2.05, 4.69) is 34.0 Å². The lowest BCUT2D eigenvalue weighted by molar-refractivity contribution is -0.00545. The third-order valence-electron chi connectivity index (χ3n) is 4.92. The van der Waals surface area contributed by atoms with Gasteiger partial charge in [0.15, 0.2) is 0 Å². The molecular formula is C23H26N4O3S. The number of rotatable bonds is 6. The molecule has 31 heavy (non-hydrogen) atoms. The fourth-order valence-electron chi connectivity index (χ4n) is 3.47. The molecule has 0 aliphatic carbocycles. The SMILES string of the molecule is Cc1ccc(OCc2nc(C(=O)Nc3ccc(N4C[C@H](C)O[C@@H](C)C4)nc3)cs2)cc1. The summed E-state index contributed by atoms with van der Waals surface area (Å²) in [4.78, 5) is 23.6. The van der Waals surface area contributed by atoms with Crippen LogP contribution in [0.15, 0.2) is 48.0 Å². The lowest BCUT2D eigenvalue weighted by Crippen LogP contribution is -2.45. The molecule has 2 atom stereocenters. The lowest BCUT2D eigenvalue weighted by Gasteiger charge is -2.36. The number of nitrogens with one attached hydrogen (secondary N) is 1. The van der Waals surface area contributed by atoms with Crippen molar-refractivity contribution in [1.29, 1.82) is 0 Å². The Bertz CT molecular complexity index is 1010. The first-order valence-electron chi connectivity index (χ1n) is 10.3. The molecule has 1 aromatic carbocycles. The molecule has 7 nitrogen and oxygen atoms in total. The van der Waals surface area contributed by atoms with Gasteiger partial charge in [0.2, 0.25) is 0 Å². The van der Waals surface area contributed by atoms with E-state index in [0.717, 1.165) is 29.7 Å². The number of pyridine rings is 1. The van der Waals surface area contributed by atoms with E-state index in [-0.39, 0.29) is 18.1 Å². The van der Waals surface area contributed by atoms with Crippen LogP contribution in [0, 0.1) is 6.92 Å². The van der Waals surface area contributed by atoms with Crippen molar-refractivity contribution in [2.24, 2.45) is 0 Å². The van der Waals surface area contributed by atoms with Crippen LogP contribution >= 0.6 is 11.3 Å². The van der Waals surface area contributed by atoms with Crippen LogP contribution in [0.2, 0.25) is 0 Å². The van der Waals surface area contributed by atoms with Crippen LogP contribution in [0.3, 0.4) is 0 Å². The van der Waals surface area contributed by atoms with Crippen molar-refractivity contribution in [3.63, 3.8) is 0 Å². The Morgan fingerprint density at radius 2 is 1.94 bits per heavy atom. The van der Waals surface area contributed by atoms with Crippen molar-refractivity contribution in [2.75, 3.05) is 23.3 Å². The van der Waals surface area contributed by atoms with Gasteiger partial charge in [0, 0.05) is 18.5 Å². The van der Waals surface area contributed by atoms with E-state index in [9.17, 15) is 4.79 Å². The minimum absolute atomic E-state index is 0.166. The van der Waals surface area contributed by atoms with E-state index in [1.807, 2.05) is 43.3 Å². The Morgan fingerprint density at radius 3 is 2.61 bits per heavy atom. The molecule has 0 unspecified atom stereocenters. The van der Waals surface area contributed by atoms with Crippen molar-refractivity contribution in [2.45, 2.75) is 39.6 Å². The second-order valence-electron chi connectivity index (χ2n) is 7.75. The van der Waals surface area contributed by atoms with E-state index in [1.54, 1.807) is 11.6 Å².